The topological polar surface area (TPSA) is 79.5 Å². The average molecular weight is 263 g/mol. The van der Waals surface area contributed by atoms with Crippen molar-refractivity contribution >= 4 is 11.9 Å². The summed E-state index contributed by atoms with van der Waals surface area (Å²) in [4.78, 5) is 23.6. The third-order valence-corrected chi connectivity index (χ3v) is 4.52. The Kier molecular flexibility index (Phi) is 3.05. The molecule has 0 unspecified atom stereocenters. The van der Waals surface area contributed by atoms with Gasteiger partial charge in [-0.3, -0.25) is 9.59 Å². The number of aliphatic carboxylic acids is 1. The summed E-state index contributed by atoms with van der Waals surface area (Å²) in [6.07, 6.45) is 4.37. The second-order valence-corrected chi connectivity index (χ2v) is 5.52. The molecular formula is C14H17NO4. The lowest BCUT2D eigenvalue weighted by Crippen LogP contribution is -2.40. The van der Waals surface area contributed by atoms with E-state index in [-0.39, 0.29) is 23.7 Å². The maximum atomic E-state index is 12.2. The van der Waals surface area contributed by atoms with Gasteiger partial charge in [-0.1, -0.05) is 0 Å². The molecule has 5 heteroatoms. The van der Waals surface area contributed by atoms with Crippen LogP contribution in [0.2, 0.25) is 0 Å². The van der Waals surface area contributed by atoms with Gasteiger partial charge in [0.15, 0.2) is 0 Å². The van der Waals surface area contributed by atoms with Crippen molar-refractivity contribution in [2.75, 3.05) is 0 Å². The zero-order valence-electron chi connectivity index (χ0n) is 10.5. The van der Waals surface area contributed by atoms with Gasteiger partial charge in [0.05, 0.1) is 24.6 Å². The highest BCUT2D eigenvalue weighted by Crippen LogP contribution is 2.52. The van der Waals surface area contributed by atoms with Crippen LogP contribution in [0.4, 0.5) is 0 Å². The van der Waals surface area contributed by atoms with Gasteiger partial charge in [0, 0.05) is 0 Å². The summed E-state index contributed by atoms with van der Waals surface area (Å²) >= 11 is 0. The summed E-state index contributed by atoms with van der Waals surface area (Å²) in [6, 6.07) is 3.55. The number of carboxylic acids is 1. The van der Waals surface area contributed by atoms with E-state index in [1.165, 1.54) is 0 Å². The maximum Gasteiger partial charge on any atom is 0.307 e. The van der Waals surface area contributed by atoms with E-state index in [0.29, 0.717) is 12.3 Å². The van der Waals surface area contributed by atoms with Crippen molar-refractivity contribution in [3.8, 4) is 0 Å². The van der Waals surface area contributed by atoms with Crippen LogP contribution in [0.5, 0.6) is 0 Å². The third-order valence-electron chi connectivity index (χ3n) is 4.52. The lowest BCUT2D eigenvalue weighted by atomic mass is 9.79. The summed E-state index contributed by atoms with van der Waals surface area (Å²) in [7, 11) is 0. The molecule has 2 fully saturated rings. The number of furan rings is 1. The molecule has 2 aliphatic rings. The van der Waals surface area contributed by atoms with E-state index in [1.807, 2.05) is 0 Å². The van der Waals surface area contributed by atoms with Crippen LogP contribution in [-0.2, 0) is 16.1 Å². The molecular weight excluding hydrogens is 246 g/mol. The average Bonchev–Trinajstić information content (AvgIpc) is 3.10. The molecule has 2 saturated carbocycles. The molecule has 0 saturated heterocycles. The molecule has 1 aromatic heterocycles. The second kappa shape index (κ2) is 4.72. The Morgan fingerprint density at radius 3 is 2.68 bits per heavy atom. The first-order valence-corrected chi connectivity index (χ1v) is 6.69. The van der Waals surface area contributed by atoms with Gasteiger partial charge in [0.2, 0.25) is 5.91 Å². The largest absolute Gasteiger partial charge is 0.481 e. The molecule has 2 bridgehead atoms. The van der Waals surface area contributed by atoms with Crippen molar-refractivity contribution in [3.63, 3.8) is 0 Å². The molecule has 1 aromatic rings. The molecule has 5 nitrogen and oxygen atoms in total. The van der Waals surface area contributed by atoms with Crippen LogP contribution < -0.4 is 5.32 Å². The molecule has 0 spiro atoms. The van der Waals surface area contributed by atoms with Crippen molar-refractivity contribution in [1.82, 2.24) is 5.32 Å². The number of carbonyl (C=O) groups is 2. The Morgan fingerprint density at radius 2 is 2.05 bits per heavy atom. The number of carbonyl (C=O) groups excluding carboxylic acids is 1. The van der Waals surface area contributed by atoms with E-state index in [4.69, 9.17) is 4.42 Å². The van der Waals surface area contributed by atoms with Crippen LogP contribution in [0.1, 0.15) is 25.0 Å². The molecule has 2 N–H and O–H groups in total. The first kappa shape index (κ1) is 12.3. The van der Waals surface area contributed by atoms with Gasteiger partial charge in [-0.05, 0) is 43.2 Å². The van der Waals surface area contributed by atoms with Gasteiger partial charge in [0.1, 0.15) is 5.76 Å². The minimum Gasteiger partial charge on any atom is -0.481 e. The normalized spacial score (nSPS) is 32.4. The number of amides is 1. The number of carboxylic acid groups (broad SMARTS) is 1. The van der Waals surface area contributed by atoms with Crippen LogP contribution in [0.25, 0.3) is 0 Å². The first-order chi connectivity index (χ1) is 9.16. The fourth-order valence-electron chi connectivity index (χ4n) is 3.73. The highest BCUT2D eigenvalue weighted by atomic mass is 16.4. The SMILES string of the molecule is O=C(O)[C@H]1[C@H]2CC[C@@H](C2)[C@@H]1C(=O)NCc1ccco1. The standard InChI is InChI=1S/C14H17NO4/c16-13(15-7-10-2-1-5-19-10)11-8-3-4-9(6-8)12(11)14(17)18/h1-2,5,8-9,11-12H,3-4,6-7H2,(H,15,16)(H,17,18)/t8-,9-,11-,12-/m0/s1. The molecule has 1 heterocycles. The zero-order valence-corrected chi connectivity index (χ0v) is 10.5. The lowest BCUT2D eigenvalue weighted by molar-refractivity contribution is -0.149. The molecule has 3 rings (SSSR count). The minimum absolute atomic E-state index is 0.143. The van der Waals surface area contributed by atoms with E-state index in [1.54, 1.807) is 18.4 Å². The highest BCUT2D eigenvalue weighted by molar-refractivity contribution is 5.86. The second-order valence-electron chi connectivity index (χ2n) is 5.52. The summed E-state index contributed by atoms with van der Waals surface area (Å²) in [5.74, 6) is -0.740. The quantitative estimate of drug-likeness (QED) is 0.865. The number of rotatable bonds is 4. The van der Waals surface area contributed by atoms with Gasteiger partial charge in [-0.15, -0.1) is 0 Å². The number of hydrogen-bond acceptors (Lipinski definition) is 3. The Balaban J connectivity index is 1.66. The van der Waals surface area contributed by atoms with Gasteiger partial charge in [-0.2, -0.15) is 0 Å². The van der Waals surface area contributed by atoms with Crippen LogP contribution in [0.15, 0.2) is 22.8 Å². The van der Waals surface area contributed by atoms with Crippen LogP contribution in [-0.4, -0.2) is 17.0 Å². The van der Waals surface area contributed by atoms with Crippen molar-refractivity contribution in [2.24, 2.45) is 23.7 Å². The zero-order chi connectivity index (χ0) is 13.4. The summed E-state index contributed by atoms with van der Waals surface area (Å²) in [6.45, 7) is 0.325. The Bertz CT molecular complexity index is 482. The lowest BCUT2D eigenvalue weighted by Gasteiger charge is -2.26. The van der Waals surface area contributed by atoms with Gasteiger partial charge < -0.3 is 14.8 Å². The maximum absolute atomic E-state index is 12.2. The molecule has 0 aliphatic heterocycles. The van der Waals surface area contributed by atoms with Crippen molar-refractivity contribution in [1.29, 1.82) is 0 Å². The molecule has 4 atom stereocenters. The molecule has 102 valence electrons. The van der Waals surface area contributed by atoms with E-state index in [0.717, 1.165) is 19.3 Å². The monoisotopic (exact) mass is 263 g/mol. The highest BCUT2D eigenvalue weighted by Gasteiger charge is 2.53. The number of fused-ring (bicyclic) bond motifs is 2. The van der Waals surface area contributed by atoms with Crippen molar-refractivity contribution < 1.29 is 19.1 Å². The third kappa shape index (κ3) is 2.13. The fourth-order valence-corrected chi connectivity index (χ4v) is 3.73. The predicted molar refractivity (Wildman–Crippen MR) is 66.0 cm³/mol. The number of hydrogen-bond donors (Lipinski definition) is 2. The van der Waals surface area contributed by atoms with Gasteiger partial charge in [-0.25, -0.2) is 0 Å². The molecule has 0 radical (unpaired) electrons. The summed E-state index contributed by atoms with van der Waals surface area (Å²) < 4.78 is 5.15. The molecule has 2 aliphatic carbocycles. The van der Waals surface area contributed by atoms with E-state index in [9.17, 15) is 14.7 Å². The summed E-state index contributed by atoms with van der Waals surface area (Å²) in [5, 5.41) is 12.1. The van der Waals surface area contributed by atoms with Crippen LogP contribution in [0.3, 0.4) is 0 Å². The van der Waals surface area contributed by atoms with E-state index >= 15 is 0 Å². The first-order valence-electron chi connectivity index (χ1n) is 6.69. The molecule has 0 aromatic carbocycles. The smallest absolute Gasteiger partial charge is 0.307 e. The Labute approximate surface area is 111 Å². The van der Waals surface area contributed by atoms with E-state index < -0.39 is 11.9 Å². The fraction of sp³-hybridized carbons (Fsp3) is 0.571. The van der Waals surface area contributed by atoms with Gasteiger partial charge in [0.25, 0.3) is 0 Å². The Hall–Kier alpha value is -1.78. The minimum atomic E-state index is -0.828. The van der Waals surface area contributed by atoms with Crippen molar-refractivity contribution in [2.45, 2.75) is 25.8 Å². The summed E-state index contributed by atoms with van der Waals surface area (Å²) in [5.41, 5.74) is 0. The predicted octanol–water partition coefficient (Wildman–Crippen LogP) is 1.64. The van der Waals surface area contributed by atoms with E-state index in [2.05, 4.69) is 5.32 Å². The van der Waals surface area contributed by atoms with Gasteiger partial charge >= 0.3 is 5.97 Å². The molecule has 1 amide bonds. The van der Waals surface area contributed by atoms with Crippen molar-refractivity contribution in [3.05, 3.63) is 24.2 Å². The Morgan fingerprint density at radius 1 is 1.32 bits per heavy atom. The number of nitrogens with one attached hydrogen (secondary N) is 1. The van der Waals surface area contributed by atoms with Crippen LogP contribution >= 0.6 is 0 Å². The van der Waals surface area contributed by atoms with Crippen LogP contribution in [0, 0.1) is 23.7 Å². The molecule has 19 heavy (non-hydrogen) atoms.